The maximum Gasteiger partial charge on any atom is 0.337 e. The lowest BCUT2D eigenvalue weighted by molar-refractivity contribution is 0.0698. The minimum Gasteiger partial charge on any atom is -0.478 e. The predicted molar refractivity (Wildman–Crippen MR) is 97.9 cm³/mol. The first-order chi connectivity index (χ1) is 12.5. The Balaban J connectivity index is 1.89. The summed E-state index contributed by atoms with van der Waals surface area (Å²) in [6, 6.07) is 17.4. The summed E-state index contributed by atoms with van der Waals surface area (Å²) in [4.78, 5) is 20.0. The summed E-state index contributed by atoms with van der Waals surface area (Å²) in [5.74, 6) is -0.217. The number of nitriles is 1. The van der Waals surface area contributed by atoms with Crippen LogP contribution in [0.3, 0.4) is 0 Å². The van der Waals surface area contributed by atoms with Gasteiger partial charge in [-0.1, -0.05) is 18.2 Å². The normalized spacial score (nSPS) is 10.0. The Bertz CT molecular complexity index is 1010. The molecule has 0 aliphatic heterocycles. The van der Waals surface area contributed by atoms with E-state index in [4.69, 9.17) is 5.26 Å². The van der Waals surface area contributed by atoms with E-state index in [1.807, 2.05) is 6.92 Å². The number of benzene rings is 2. The third-order valence-corrected chi connectivity index (χ3v) is 3.52. The maximum absolute atomic E-state index is 11.3. The number of aromatic carboxylic acids is 1. The molecule has 3 aromatic rings. The number of carboxylic acid groups (broad SMARTS) is 1. The number of nitrogens with zero attached hydrogens (tertiary/aromatic N) is 3. The highest BCUT2D eigenvalue weighted by molar-refractivity contribution is 5.95. The SMILES string of the molecule is Cc1cc(Nc2ccccc2C(=O)O)nc(Nc2cccc(C#N)c2)n1. The zero-order valence-corrected chi connectivity index (χ0v) is 13.9. The molecule has 7 heteroatoms. The fraction of sp³-hybridized carbons (Fsp3) is 0.0526. The Kier molecular flexibility index (Phi) is 4.76. The second-order valence-electron chi connectivity index (χ2n) is 5.51. The number of hydrogen-bond donors (Lipinski definition) is 3. The molecule has 0 amide bonds. The van der Waals surface area contributed by atoms with Gasteiger partial charge < -0.3 is 15.7 Å². The average Bonchev–Trinajstić information content (AvgIpc) is 2.61. The van der Waals surface area contributed by atoms with E-state index in [-0.39, 0.29) is 5.56 Å². The molecule has 0 atom stereocenters. The first-order valence-corrected chi connectivity index (χ1v) is 7.77. The molecular weight excluding hydrogens is 330 g/mol. The number of nitrogens with one attached hydrogen (secondary N) is 2. The van der Waals surface area contributed by atoms with Crippen LogP contribution in [0, 0.1) is 18.3 Å². The van der Waals surface area contributed by atoms with Gasteiger partial charge in [0.25, 0.3) is 0 Å². The molecule has 26 heavy (non-hydrogen) atoms. The summed E-state index contributed by atoms with van der Waals surface area (Å²) in [7, 11) is 0. The number of rotatable bonds is 5. The van der Waals surface area contributed by atoms with Crippen molar-refractivity contribution in [1.82, 2.24) is 9.97 Å². The lowest BCUT2D eigenvalue weighted by Gasteiger charge is -2.11. The molecule has 1 heterocycles. The van der Waals surface area contributed by atoms with Gasteiger partial charge in [-0.2, -0.15) is 10.2 Å². The van der Waals surface area contributed by atoms with Gasteiger partial charge in [0, 0.05) is 17.4 Å². The minimum absolute atomic E-state index is 0.153. The number of aromatic nitrogens is 2. The number of anilines is 4. The lowest BCUT2D eigenvalue weighted by atomic mass is 10.2. The Hall–Kier alpha value is -3.92. The molecular formula is C19H15N5O2. The monoisotopic (exact) mass is 345 g/mol. The second kappa shape index (κ2) is 7.32. The van der Waals surface area contributed by atoms with Gasteiger partial charge in [-0.3, -0.25) is 0 Å². The molecule has 0 aliphatic carbocycles. The number of aryl methyl sites for hydroxylation is 1. The summed E-state index contributed by atoms with van der Waals surface area (Å²) in [5, 5.41) is 24.3. The zero-order chi connectivity index (χ0) is 18.5. The van der Waals surface area contributed by atoms with Gasteiger partial charge in [0.1, 0.15) is 5.82 Å². The standard InChI is InChI=1S/C19H15N5O2/c1-12-9-17(23-16-8-3-2-7-15(16)18(25)26)24-19(21-12)22-14-6-4-5-13(10-14)11-20/h2-10H,1H3,(H,25,26)(H2,21,22,23,24). The third kappa shape index (κ3) is 3.94. The number of hydrogen-bond acceptors (Lipinski definition) is 6. The van der Waals surface area contributed by atoms with E-state index in [9.17, 15) is 9.90 Å². The highest BCUT2D eigenvalue weighted by Crippen LogP contribution is 2.22. The average molecular weight is 345 g/mol. The molecule has 0 saturated carbocycles. The number of carboxylic acids is 1. The molecule has 0 aliphatic rings. The summed E-state index contributed by atoms with van der Waals surface area (Å²) in [6.45, 7) is 1.81. The molecule has 0 unspecified atom stereocenters. The number of para-hydroxylation sites is 1. The van der Waals surface area contributed by atoms with Crippen LogP contribution < -0.4 is 10.6 Å². The Morgan fingerprint density at radius 1 is 1.08 bits per heavy atom. The van der Waals surface area contributed by atoms with E-state index in [0.29, 0.717) is 34.4 Å². The first-order valence-electron chi connectivity index (χ1n) is 7.77. The van der Waals surface area contributed by atoms with Crippen molar-refractivity contribution >= 4 is 29.1 Å². The van der Waals surface area contributed by atoms with E-state index < -0.39 is 5.97 Å². The van der Waals surface area contributed by atoms with Gasteiger partial charge in [-0.25, -0.2) is 9.78 Å². The molecule has 0 spiro atoms. The van der Waals surface area contributed by atoms with Crippen molar-refractivity contribution in [2.75, 3.05) is 10.6 Å². The smallest absolute Gasteiger partial charge is 0.337 e. The molecule has 0 radical (unpaired) electrons. The summed E-state index contributed by atoms with van der Waals surface area (Å²) in [5.41, 5.74) is 2.51. The summed E-state index contributed by atoms with van der Waals surface area (Å²) >= 11 is 0. The van der Waals surface area contributed by atoms with Gasteiger partial charge in [-0.15, -0.1) is 0 Å². The fourth-order valence-corrected chi connectivity index (χ4v) is 2.40. The van der Waals surface area contributed by atoms with E-state index in [0.717, 1.165) is 0 Å². The van der Waals surface area contributed by atoms with E-state index in [1.165, 1.54) is 6.07 Å². The molecule has 7 nitrogen and oxygen atoms in total. The molecule has 128 valence electrons. The highest BCUT2D eigenvalue weighted by Gasteiger charge is 2.11. The highest BCUT2D eigenvalue weighted by atomic mass is 16.4. The predicted octanol–water partition coefficient (Wildman–Crippen LogP) is 3.84. The number of carbonyl (C=O) groups is 1. The molecule has 2 aromatic carbocycles. The van der Waals surface area contributed by atoms with Crippen LogP contribution in [0.2, 0.25) is 0 Å². The van der Waals surface area contributed by atoms with Crippen LogP contribution >= 0.6 is 0 Å². The Morgan fingerprint density at radius 2 is 1.88 bits per heavy atom. The molecule has 3 N–H and O–H groups in total. The zero-order valence-electron chi connectivity index (χ0n) is 13.9. The van der Waals surface area contributed by atoms with Gasteiger partial charge in [0.05, 0.1) is 22.9 Å². The molecule has 1 aromatic heterocycles. The molecule has 0 saturated heterocycles. The Labute approximate surface area is 150 Å². The van der Waals surface area contributed by atoms with Gasteiger partial charge in [0.2, 0.25) is 5.95 Å². The van der Waals surface area contributed by atoms with Gasteiger partial charge in [-0.05, 0) is 37.3 Å². The quantitative estimate of drug-likeness (QED) is 0.644. The first kappa shape index (κ1) is 16.9. The lowest BCUT2D eigenvalue weighted by Crippen LogP contribution is -2.05. The van der Waals surface area contributed by atoms with Crippen LogP contribution in [0.5, 0.6) is 0 Å². The maximum atomic E-state index is 11.3. The van der Waals surface area contributed by atoms with Crippen molar-refractivity contribution in [2.45, 2.75) is 6.92 Å². The van der Waals surface area contributed by atoms with Crippen molar-refractivity contribution in [2.24, 2.45) is 0 Å². The van der Waals surface area contributed by atoms with E-state index in [1.54, 1.807) is 48.5 Å². The van der Waals surface area contributed by atoms with E-state index >= 15 is 0 Å². The van der Waals surface area contributed by atoms with Crippen LogP contribution in [0.15, 0.2) is 54.6 Å². The van der Waals surface area contributed by atoms with Crippen LogP contribution in [-0.4, -0.2) is 21.0 Å². The minimum atomic E-state index is -1.02. The van der Waals surface area contributed by atoms with Crippen LogP contribution in [-0.2, 0) is 0 Å². The van der Waals surface area contributed by atoms with Gasteiger partial charge in [0.15, 0.2) is 0 Å². The van der Waals surface area contributed by atoms with E-state index in [2.05, 4.69) is 26.7 Å². The fourth-order valence-electron chi connectivity index (χ4n) is 2.40. The second-order valence-corrected chi connectivity index (χ2v) is 5.51. The summed E-state index contributed by atoms with van der Waals surface area (Å²) < 4.78 is 0. The van der Waals surface area contributed by atoms with Crippen LogP contribution in [0.25, 0.3) is 0 Å². The van der Waals surface area contributed by atoms with Crippen molar-refractivity contribution in [3.05, 3.63) is 71.4 Å². The van der Waals surface area contributed by atoms with Crippen molar-refractivity contribution in [1.29, 1.82) is 5.26 Å². The summed E-state index contributed by atoms with van der Waals surface area (Å²) in [6.07, 6.45) is 0. The molecule has 3 rings (SSSR count). The Morgan fingerprint density at radius 3 is 2.65 bits per heavy atom. The van der Waals surface area contributed by atoms with Gasteiger partial charge >= 0.3 is 5.97 Å². The van der Waals surface area contributed by atoms with Crippen LogP contribution in [0.1, 0.15) is 21.6 Å². The topological polar surface area (TPSA) is 111 Å². The van der Waals surface area contributed by atoms with Crippen molar-refractivity contribution in [3.63, 3.8) is 0 Å². The van der Waals surface area contributed by atoms with Crippen LogP contribution in [0.4, 0.5) is 23.1 Å². The largest absolute Gasteiger partial charge is 0.478 e. The third-order valence-electron chi connectivity index (χ3n) is 3.52. The van der Waals surface area contributed by atoms with Crippen molar-refractivity contribution < 1.29 is 9.90 Å². The molecule has 0 bridgehead atoms. The van der Waals surface area contributed by atoms with Crippen molar-refractivity contribution in [3.8, 4) is 6.07 Å². The molecule has 0 fully saturated rings.